The van der Waals surface area contributed by atoms with Crippen LogP contribution in [0.3, 0.4) is 0 Å². The van der Waals surface area contributed by atoms with Crippen LogP contribution in [-0.4, -0.2) is 6.79 Å². The Labute approximate surface area is 114 Å². The van der Waals surface area contributed by atoms with Crippen molar-refractivity contribution in [3.8, 4) is 11.5 Å². The molecule has 0 fully saturated rings. The normalized spacial score (nSPS) is 12.5. The van der Waals surface area contributed by atoms with Crippen molar-refractivity contribution < 1.29 is 13.9 Å². The number of rotatable bonds is 3. The predicted octanol–water partition coefficient (Wildman–Crippen LogP) is 3.82. The van der Waals surface area contributed by atoms with E-state index in [9.17, 15) is 4.39 Å². The molecule has 0 aromatic heterocycles. The Morgan fingerprint density at radius 3 is 2.79 bits per heavy atom. The maximum atomic E-state index is 13.2. The molecule has 19 heavy (non-hydrogen) atoms. The molecule has 2 aromatic carbocycles. The maximum Gasteiger partial charge on any atom is 0.231 e. The van der Waals surface area contributed by atoms with Crippen LogP contribution in [-0.2, 0) is 6.54 Å². The van der Waals surface area contributed by atoms with Crippen LogP contribution in [0.25, 0.3) is 0 Å². The van der Waals surface area contributed by atoms with Crippen molar-refractivity contribution in [1.82, 2.24) is 0 Å². The van der Waals surface area contributed by atoms with E-state index in [1.54, 1.807) is 6.07 Å². The summed E-state index contributed by atoms with van der Waals surface area (Å²) in [5.41, 5.74) is 1.66. The lowest BCUT2D eigenvalue weighted by Gasteiger charge is -2.08. The second kappa shape index (κ2) is 4.97. The molecule has 0 unspecified atom stereocenters. The van der Waals surface area contributed by atoms with Crippen LogP contribution in [0.15, 0.2) is 36.4 Å². The minimum Gasteiger partial charge on any atom is -0.454 e. The van der Waals surface area contributed by atoms with E-state index >= 15 is 0 Å². The van der Waals surface area contributed by atoms with Crippen LogP contribution in [0.5, 0.6) is 11.5 Å². The molecular weight excluding hydrogens is 269 g/mol. The molecule has 0 radical (unpaired) electrons. The summed E-state index contributed by atoms with van der Waals surface area (Å²) < 4.78 is 23.7. The SMILES string of the molecule is Fc1cc(Cl)cc(CNc2ccc3c(c2)OCO3)c1. The van der Waals surface area contributed by atoms with Crippen molar-refractivity contribution in [2.75, 3.05) is 12.1 Å². The monoisotopic (exact) mass is 279 g/mol. The molecule has 0 aliphatic carbocycles. The minimum absolute atomic E-state index is 0.248. The molecule has 0 saturated heterocycles. The Morgan fingerprint density at radius 2 is 1.95 bits per heavy atom. The predicted molar refractivity (Wildman–Crippen MR) is 71.3 cm³/mol. The van der Waals surface area contributed by atoms with Crippen molar-refractivity contribution in [2.45, 2.75) is 6.54 Å². The van der Waals surface area contributed by atoms with E-state index in [-0.39, 0.29) is 12.6 Å². The topological polar surface area (TPSA) is 30.5 Å². The summed E-state index contributed by atoms with van der Waals surface area (Å²) in [5, 5.41) is 3.58. The molecule has 1 heterocycles. The summed E-state index contributed by atoms with van der Waals surface area (Å²) in [4.78, 5) is 0. The number of nitrogens with one attached hydrogen (secondary N) is 1. The van der Waals surface area contributed by atoms with Gasteiger partial charge in [-0.2, -0.15) is 0 Å². The zero-order chi connectivity index (χ0) is 13.2. The number of hydrogen-bond donors (Lipinski definition) is 1. The van der Waals surface area contributed by atoms with Crippen LogP contribution in [0.4, 0.5) is 10.1 Å². The molecule has 3 nitrogen and oxygen atoms in total. The Bertz CT molecular complexity index is 598. The van der Waals surface area contributed by atoms with Gasteiger partial charge in [0.1, 0.15) is 5.82 Å². The number of fused-ring (bicyclic) bond motifs is 1. The molecule has 0 saturated carbocycles. The van der Waals surface area contributed by atoms with Crippen molar-refractivity contribution in [3.05, 3.63) is 52.8 Å². The van der Waals surface area contributed by atoms with Crippen LogP contribution in [0.1, 0.15) is 5.56 Å². The number of halogens is 2. The third kappa shape index (κ3) is 2.74. The van der Waals surface area contributed by atoms with Gasteiger partial charge in [0.15, 0.2) is 11.5 Å². The Morgan fingerprint density at radius 1 is 1.11 bits per heavy atom. The Kier molecular flexibility index (Phi) is 3.17. The fourth-order valence-electron chi connectivity index (χ4n) is 1.92. The summed E-state index contributed by atoms with van der Waals surface area (Å²) in [7, 11) is 0. The van der Waals surface area contributed by atoms with Crippen LogP contribution in [0.2, 0.25) is 5.02 Å². The largest absolute Gasteiger partial charge is 0.454 e. The smallest absolute Gasteiger partial charge is 0.231 e. The van der Waals surface area contributed by atoms with Crippen molar-refractivity contribution in [3.63, 3.8) is 0 Å². The molecule has 98 valence electrons. The molecule has 0 amide bonds. The van der Waals surface area contributed by atoms with Crippen LogP contribution < -0.4 is 14.8 Å². The molecule has 1 N–H and O–H groups in total. The lowest BCUT2D eigenvalue weighted by Crippen LogP contribution is -1.99. The Balaban J connectivity index is 1.72. The standard InChI is InChI=1S/C14H11ClFNO2/c15-10-3-9(4-11(16)5-10)7-17-12-1-2-13-14(6-12)19-8-18-13/h1-6,17H,7-8H2. The first-order chi connectivity index (χ1) is 9.20. The molecule has 5 heteroatoms. The molecule has 0 atom stereocenters. The van der Waals surface area contributed by atoms with Gasteiger partial charge in [-0.25, -0.2) is 4.39 Å². The summed E-state index contributed by atoms with van der Waals surface area (Å²) in [6.45, 7) is 0.732. The molecule has 1 aliphatic rings. The maximum absolute atomic E-state index is 13.2. The summed E-state index contributed by atoms with van der Waals surface area (Å²) in [5.74, 6) is 1.11. The lowest BCUT2D eigenvalue weighted by atomic mass is 10.2. The van der Waals surface area contributed by atoms with E-state index in [1.807, 2.05) is 18.2 Å². The summed E-state index contributed by atoms with van der Waals surface area (Å²) in [6.07, 6.45) is 0. The van der Waals surface area contributed by atoms with Gasteiger partial charge in [-0.1, -0.05) is 11.6 Å². The van der Waals surface area contributed by atoms with Gasteiger partial charge >= 0.3 is 0 Å². The minimum atomic E-state index is -0.338. The fraction of sp³-hybridized carbons (Fsp3) is 0.143. The second-order valence-corrected chi connectivity index (χ2v) is 4.64. The van der Waals surface area contributed by atoms with Gasteiger partial charge in [0.05, 0.1) is 0 Å². The highest BCUT2D eigenvalue weighted by Gasteiger charge is 2.12. The summed E-state index contributed by atoms with van der Waals surface area (Å²) >= 11 is 5.80. The highest BCUT2D eigenvalue weighted by atomic mass is 35.5. The highest BCUT2D eigenvalue weighted by Crippen LogP contribution is 2.34. The van der Waals surface area contributed by atoms with Crippen LogP contribution >= 0.6 is 11.6 Å². The average molecular weight is 280 g/mol. The molecule has 1 aliphatic heterocycles. The van der Waals surface area contributed by atoms with Gasteiger partial charge in [-0.3, -0.25) is 0 Å². The first kappa shape index (κ1) is 12.1. The molecule has 3 rings (SSSR count). The third-order valence-electron chi connectivity index (χ3n) is 2.79. The van der Waals surface area contributed by atoms with E-state index in [0.717, 1.165) is 17.0 Å². The zero-order valence-corrected chi connectivity index (χ0v) is 10.7. The number of benzene rings is 2. The van der Waals surface area contributed by atoms with Gasteiger partial charge < -0.3 is 14.8 Å². The zero-order valence-electron chi connectivity index (χ0n) is 9.95. The van der Waals surface area contributed by atoms with E-state index in [4.69, 9.17) is 21.1 Å². The second-order valence-electron chi connectivity index (χ2n) is 4.20. The van der Waals surface area contributed by atoms with Gasteiger partial charge in [0, 0.05) is 23.3 Å². The number of hydrogen-bond acceptors (Lipinski definition) is 3. The molecule has 2 aromatic rings. The molecule has 0 bridgehead atoms. The summed E-state index contributed by atoms with van der Waals surface area (Å²) in [6, 6.07) is 10.0. The van der Waals surface area contributed by atoms with Gasteiger partial charge in [0.2, 0.25) is 6.79 Å². The third-order valence-corrected chi connectivity index (χ3v) is 3.01. The van der Waals surface area contributed by atoms with E-state index in [0.29, 0.717) is 17.3 Å². The molecule has 0 spiro atoms. The van der Waals surface area contributed by atoms with E-state index < -0.39 is 0 Å². The van der Waals surface area contributed by atoms with E-state index in [1.165, 1.54) is 12.1 Å². The van der Waals surface area contributed by atoms with Crippen molar-refractivity contribution >= 4 is 17.3 Å². The highest BCUT2D eigenvalue weighted by molar-refractivity contribution is 6.30. The fourth-order valence-corrected chi connectivity index (χ4v) is 2.17. The first-order valence-electron chi connectivity index (χ1n) is 5.79. The molecular formula is C14H11ClFNO2. The van der Waals surface area contributed by atoms with Crippen molar-refractivity contribution in [2.24, 2.45) is 0 Å². The van der Waals surface area contributed by atoms with Crippen molar-refractivity contribution in [1.29, 1.82) is 0 Å². The lowest BCUT2D eigenvalue weighted by molar-refractivity contribution is 0.174. The van der Waals surface area contributed by atoms with E-state index in [2.05, 4.69) is 5.32 Å². The average Bonchev–Trinajstić information content (AvgIpc) is 2.82. The number of ether oxygens (including phenoxy) is 2. The quantitative estimate of drug-likeness (QED) is 0.926. The number of anilines is 1. The Hall–Kier alpha value is -1.94. The van der Waals surface area contributed by atoms with Gasteiger partial charge in [-0.05, 0) is 35.9 Å². The van der Waals surface area contributed by atoms with Crippen LogP contribution in [0, 0.1) is 5.82 Å². The van der Waals surface area contributed by atoms with Gasteiger partial charge in [-0.15, -0.1) is 0 Å². The first-order valence-corrected chi connectivity index (χ1v) is 6.17. The van der Waals surface area contributed by atoms with Gasteiger partial charge in [0.25, 0.3) is 0 Å².